The molecule has 0 aliphatic rings. The Hall–Kier alpha value is -2.33. The smallest absolute Gasteiger partial charge is 0.326 e. The minimum absolute atomic E-state index is 0.139. The number of aromatic nitrogens is 2. The minimum atomic E-state index is -4.55. The molecule has 1 heterocycles. The number of sulfonamides is 1. The summed E-state index contributed by atoms with van der Waals surface area (Å²) in [6, 6.07) is 5.94. The van der Waals surface area contributed by atoms with Crippen LogP contribution < -0.4 is 4.72 Å². The number of benzene rings is 1. The predicted molar refractivity (Wildman–Crippen MR) is 80.0 cm³/mol. The number of rotatable bonds is 6. The number of hydrogen-bond donors (Lipinski definition) is 2. The fraction of sp³-hybridized carbons (Fsp3) is 0.286. The Morgan fingerprint density at radius 3 is 2.38 bits per heavy atom. The average Bonchev–Trinajstić information content (AvgIpc) is 2.81. The molecular formula is C14H15F2N3O4S. The molecular weight excluding hydrogens is 344 g/mol. The maximum absolute atomic E-state index is 13.2. The number of aryl methyl sites for hydroxylation is 2. The Morgan fingerprint density at radius 2 is 1.88 bits per heavy atom. The third kappa shape index (κ3) is 3.44. The Labute approximate surface area is 137 Å². The number of nitrogens with zero attached hydrogens (tertiary/aromatic N) is 2. The molecule has 2 N–H and O–H groups in total. The molecule has 1 atom stereocenters. The van der Waals surface area contributed by atoms with Gasteiger partial charge in [0.25, 0.3) is 16.4 Å². The van der Waals surface area contributed by atoms with Gasteiger partial charge in [0.2, 0.25) is 0 Å². The highest BCUT2D eigenvalue weighted by Gasteiger charge is 2.34. The fourth-order valence-electron chi connectivity index (χ4n) is 2.34. The first-order chi connectivity index (χ1) is 11.1. The SMILES string of the molecule is Cc1nn(C)c(S(=O)(=O)N[C@H](C(=O)O)c2ccccc2)c1C(F)F. The van der Waals surface area contributed by atoms with Crippen molar-refractivity contribution < 1.29 is 27.1 Å². The third-order valence-electron chi connectivity index (χ3n) is 3.34. The minimum Gasteiger partial charge on any atom is -0.480 e. The van der Waals surface area contributed by atoms with Gasteiger partial charge in [-0.1, -0.05) is 30.3 Å². The van der Waals surface area contributed by atoms with Crippen LogP contribution in [0.2, 0.25) is 0 Å². The van der Waals surface area contributed by atoms with Gasteiger partial charge in [0, 0.05) is 7.05 Å². The molecule has 2 rings (SSSR count). The molecule has 0 radical (unpaired) electrons. The predicted octanol–water partition coefficient (Wildman–Crippen LogP) is 1.77. The molecule has 24 heavy (non-hydrogen) atoms. The molecule has 130 valence electrons. The van der Waals surface area contributed by atoms with Crippen molar-refractivity contribution in [1.82, 2.24) is 14.5 Å². The number of alkyl halides is 2. The van der Waals surface area contributed by atoms with Crippen LogP contribution >= 0.6 is 0 Å². The first-order valence-corrected chi connectivity index (χ1v) is 8.25. The summed E-state index contributed by atoms with van der Waals surface area (Å²) in [5, 5.41) is 12.2. The Bertz CT molecular complexity index is 850. The van der Waals surface area contributed by atoms with Gasteiger partial charge in [-0.15, -0.1) is 0 Å². The molecule has 0 aliphatic heterocycles. The normalized spacial score (nSPS) is 13.2. The molecule has 0 unspecified atom stereocenters. The maximum Gasteiger partial charge on any atom is 0.326 e. The average molecular weight is 359 g/mol. The van der Waals surface area contributed by atoms with Crippen molar-refractivity contribution in [3.63, 3.8) is 0 Å². The third-order valence-corrected chi connectivity index (χ3v) is 4.88. The molecule has 0 bridgehead atoms. The van der Waals surface area contributed by atoms with Crippen LogP contribution in [0.1, 0.15) is 29.3 Å². The van der Waals surface area contributed by atoms with Crippen molar-refractivity contribution in [2.75, 3.05) is 0 Å². The van der Waals surface area contributed by atoms with Crippen LogP contribution in [0.15, 0.2) is 35.4 Å². The van der Waals surface area contributed by atoms with E-state index in [-0.39, 0.29) is 11.3 Å². The molecule has 0 spiro atoms. The van der Waals surface area contributed by atoms with Crippen molar-refractivity contribution >= 4 is 16.0 Å². The lowest BCUT2D eigenvalue weighted by Gasteiger charge is -2.16. The molecule has 1 aromatic carbocycles. The molecule has 7 nitrogen and oxygen atoms in total. The zero-order chi connectivity index (χ0) is 18.1. The van der Waals surface area contributed by atoms with Crippen LogP contribution in [0, 0.1) is 6.92 Å². The van der Waals surface area contributed by atoms with E-state index in [0.29, 0.717) is 0 Å². The summed E-state index contributed by atoms with van der Waals surface area (Å²) in [5.74, 6) is -1.46. The summed E-state index contributed by atoms with van der Waals surface area (Å²) in [6.07, 6.45) is -3.06. The van der Waals surface area contributed by atoms with E-state index in [9.17, 15) is 27.1 Å². The van der Waals surface area contributed by atoms with Crippen LogP contribution in [-0.2, 0) is 21.9 Å². The molecule has 0 saturated heterocycles. The van der Waals surface area contributed by atoms with Crippen molar-refractivity contribution in [3.8, 4) is 0 Å². The van der Waals surface area contributed by atoms with E-state index in [1.807, 2.05) is 4.72 Å². The Kier molecular flexibility index (Phi) is 4.99. The van der Waals surface area contributed by atoms with Gasteiger partial charge in [0.05, 0.1) is 11.3 Å². The number of halogens is 2. The molecule has 0 amide bonds. The second-order valence-corrected chi connectivity index (χ2v) is 6.66. The van der Waals surface area contributed by atoms with E-state index < -0.39 is 39.0 Å². The highest BCUT2D eigenvalue weighted by Crippen LogP contribution is 2.30. The van der Waals surface area contributed by atoms with E-state index in [1.54, 1.807) is 18.2 Å². The Morgan fingerprint density at radius 1 is 1.29 bits per heavy atom. The van der Waals surface area contributed by atoms with Crippen LogP contribution in [0.5, 0.6) is 0 Å². The molecule has 0 aliphatic carbocycles. The van der Waals surface area contributed by atoms with E-state index in [2.05, 4.69) is 5.10 Å². The monoisotopic (exact) mass is 359 g/mol. The van der Waals surface area contributed by atoms with Gasteiger partial charge >= 0.3 is 5.97 Å². The lowest BCUT2D eigenvalue weighted by atomic mass is 10.1. The van der Waals surface area contributed by atoms with Gasteiger partial charge in [-0.2, -0.15) is 9.82 Å². The molecule has 2 aromatic rings. The number of hydrogen-bond acceptors (Lipinski definition) is 4. The van der Waals surface area contributed by atoms with Crippen molar-refractivity contribution in [2.24, 2.45) is 7.05 Å². The van der Waals surface area contributed by atoms with E-state index in [0.717, 1.165) is 4.68 Å². The summed E-state index contributed by atoms with van der Waals surface area (Å²) >= 11 is 0. The summed E-state index contributed by atoms with van der Waals surface area (Å²) in [7, 11) is -3.35. The Balaban J connectivity index is 2.50. The zero-order valence-electron chi connectivity index (χ0n) is 12.8. The largest absolute Gasteiger partial charge is 0.480 e. The van der Waals surface area contributed by atoms with E-state index in [1.165, 1.54) is 26.1 Å². The molecule has 0 saturated carbocycles. The lowest BCUT2D eigenvalue weighted by molar-refractivity contribution is -0.139. The summed E-state index contributed by atoms with van der Waals surface area (Å²) in [4.78, 5) is 11.4. The quantitative estimate of drug-likeness (QED) is 0.819. The van der Waals surface area contributed by atoms with Gasteiger partial charge < -0.3 is 5.11 Å². The first kappa shape index (κ1) is 18.0. The van der Waals surface area contributed by atoms with Crippen LogP contribution in [-0.4, -0.2) is 29.3 Å². The number of aliphatic carboxylic acids is 1. The van der Waals surface area contributed by atoms with E-state index >= 15 is 0 Å². The van der Waals surface area contributed by atoms with Gasteiger partial charge in [-0.3, -0.25) is 9.48 Å². The summed E-state index contributed by atoms with van der Waals surface area (Å²) in [5.41, 5.74) is -0.715. The second-order valence-electron chi connectivity index (χ2n) is 5.03. The maximum atomic E-state index is 13.2. The zero-order valence-corrected chi connectivity index (χ0v) is 13.6. The van der Waals surface area contributed by atoms with Crippen LogP contribution in [0.3, 0.4) is 0 Å². The van der Waals surface area contributed by atoms with Crippen molar-refractivity contribution in [1.29, 1.82) is 0 Å². The number of carbonyl (C=O) groups is 1. The highest BCUT2D eigenvalue weighted by molar-refractivity contribution is 7.89. The fourth-order valence-corrected chi connectivity index (χ4v) is 3.91. The number of nitrogens with one attached hydrogen (secondary N) is 1. The van der Waals surface area contributed by atoms with Gasteiger partial charge in [-0.25, -0.2) is 17.2 Å². The lowest BCUT2D eigenvalue weighted by Crippen LogP contribution is -2.35. The number of carboxylic acid groups (broad SMARTS) is 1. The standard InChI is InChI=1S/C14H15F2N3O4S/c1-8-10(12(15)16)13(19(2)17-8)24(22,23)18-11(14(20)21)9-6-4-3-5-7-9/h3-7,11-12,18H,1-2H3,(H,20,21)/t11-/m0/s1. The molecule has 0 fully saturated rings. The van der Waals surface area contributed by atoms with Gasteiger partial charge in [-0.05, 0) is 12.5 Å². The second kappa shape index (κ2) is 6.65. The first-order valence-electron chi connectivity index (χ1n) is 6.77. The van der Waals surface area contributed by atoms with Crippen LogP contribution in [0.25, 0.3) is 0 Å². The summed E-state index contributed by atoms with van der Waals surface area (Å²) in [6.45, 7) is 1.26. The molecule has 1 aromatic heterocycles. The highest BCUT2D eigenvalue weighted by atomic mass is 32.2. The van der Waals surface area contributed by atoms with Gasteiger partial charge in [0.1, 0.15) is 6.04 Å². The number of carboxylic acids is 1. The molecule has 10 heteroatoms. The van der Waals surface area contributed by atoms with Crippen LogP contribution in [0.4, 0.5) is 8.78 Å². The van der Waals surface area contributed by atoms with Gasteiger partial charge in [0.15, 0.2) is 5.03 Å². The van der Waals surface area contributed by atoms with E-state index in [4.69, 9.17) is 0 Å². The van der Waals surface area contributed by atoms with Crippen molar-refractivity contribution in [3.05, 3.63) is 47.2 Å². The topological polar surface area (TPSA) is 101 Å². The van der Waals surface area contributed by atoms with Crippen molar-refractivity contribution in [2.45, 2.75) is 24.4 Å². The summed E-state index contributed by atoms with van der Waals surface area (Å²) < 4.78 is 54.1.